The van der Waals surface area contributed by atoms with Gasteiger partial charge >= 0.3 is 5.97 Å². The Bertz CT molecular complexity index is 1220. The van der Waals surface area contributed by atoms with Gasteiger partial charge < -0.3 is 63.6 Å². The number of ether oxygens (including phenoxy) is 7. The molecule has 0 amide bonds. The van der Waals surface area contributed by atoms with Crippen molar-refractivity contribution in [2.24, 2.45) is 23.7 Å². The fourth-order valence-corrected chi connectivity index (χ4v) is 8.64. The Morgan fingerprint density at radius 2 is 1.43 bits per heavy atom. The van der Waals surface area contributed by atoms with Gasteiger partial charge in [0.2, 0.25) is 0 Å². The number of aliphatic hydroxyl groups excluding tert-OH is 4. The number of hydrogen-bond acceptors (Lipinski definition) is 15. The summed E-state index contributed by atoms with van der Waals surface area (Å²) in [7, 11) is 6.68. The zero-order valence-electron chi connectivity index (χ0n) is 34.2. The van der Waals surface area contributed by atoms with Gasteiger partial charge in [0.05, 0.1) is 53.7 Å². The van der Waals surface area contributed by atoms with Crippen LogP contribution in [0.5, 0.6) is 0 Å². The second-order valence-electron chi connectivity index (χ2n) is 16.9. The second kappa shape index (κ2) is 17.9. The minimum atomic E-state index is -2.24. The molecule has 0 aliphatic carbocycles. The molecule has 3 rings (SSSR count). The van der Waals surface area contributed by atoms with Gasteiger partial charge in [-0.1, -0.05) is 20.8 Å². The number of carbonyl (C=O) groups excluding carboxylic acids is 2. The number of methoxy groups -OCH3 is 2. The lowest BCUT2D eigenvalue weighted by molar-refractivity contribution is -0.319. The van der Waals surface area contributed by atoms with Crippen LogP contribution in [-0.2, 0) is 42.7 Å². The van der Waals surface area contributed by atoms with Crippen LogP contribution in [0.1, 0.15) is 88.5 Å². The first-order chi connectivity index (χ1) is 24.4. The van der Waals surface area contributed by atoms with E-state index in [0.717, 1.165) is 0 Å². The number of rotatable bonds is 8. The molecule has 15 nitrogen and oxygen atoms in total. The smallest absolute Gasteiger partial charge is 0.311 e. The third-order valence-corrected chi connectivity index (χ3v) is 12.2. The molecule has 3 heterocycles. The Balaban J connectivity index is 2.24. The molecule has 3 saturated heterocycles. The molecular formula is C38H69NO14. The SMILES string of the molecule is CO[C@]1(C)C[C@@H](C)C(=O)[C@H](C)[C@@H](O)[C@](C)(O)[C@@H](C(C)O)OC(=O)[C@H](C)C(O[C@H]2C[C@@](C)(OC)[C@@H](O)[C@H](C)O2)[C@H](C)[C@H]1O[C@@H]1O[C@H](C)C[C@H](N(C)C)[C@H]1O. The van der Waals surface area contributed by atoms with Crippen molar-refractivity contribution in [2.45, 2.75) is 179 Å². The van der Waals surface area contributed by atoms with Crippen LogP contribution in [0.2, 0.25) is 0 Å². The molecular weight excluding hydrogens is 694 g/mol. The number of carbonyl (C=O) groups is 2. The molecule has 2 unspecified atom stereocenters. The van der Waals surface area contributed by atoms with Gasteiger partial charge in [0.15, 0.2) is 18.7 Å². The van der Waals surface area contributed by atoms with Crippen molar-refractivity contribution in [3.8, 4) is 0 Å². The molecule has 15 heteroatoms. The zero-order chi connectivity index (χ0) is 40.5. The van der Waals surface area contributed by atoms with Crippen LogP contribution in [0.3, 0.4) is 0 Å². The summed E-state index contributed by atoms with van der Waals surface area (Å²) in [5.41, 5.74) is -4.61. The first-order valence-corrected chi connectivity index (χ1v) is 18.9. The molecule has 0 saturated carbocycles. The maximum absolute atomic E-state index is 14.2. The van der Waals surface area contributed by atoms with Crippen LogP contribution in [0.4, 0.5) is 0 Å². The van der Waals surface area contributed by atoms with Crippen molar-refractivity contribution in [3.05, 3.63) is 0 Å². The van der Waals surface area contributed by atoms with Gasteiger partial charge in [-0.15, -0.1) is 0 Å². The van der Waals surface area contributed by atoms with E-state index < -0.39 is 114 Å². The maximum Gasteiger partial charge on any atom is 0.311 e. The largest absolute Gasteiger partial charge is 0.456 e. The maximum atomic E-state index is 14.2. The molecule has 3 aliphatic heterocycles. The van der Waals surface area contributed by atoms with Crippen molar-refractivity contribution in [2.75, 3.05) is 28.3 Å². The number of Topliss-reactive ketones (excluding diaryl/α,β-unsaturated/α-hetero) is 1. The minimum absolute atomic E-state index is 0.0578. The van der Waals surface area contributed by atoms with Gasteiger partial charge in [-0.25, -0.2) is 0 Å². The van der Waals surface area contributed by atoms with Gasteiger partial charge in [0, 0.05) is 44.4 Å². The molecule has 3 aliphatic rings. The van der Waals surface area contributed by atoms with Crippen molar-refractivity contribution in [3.63, 3.8) is 0 Å². The summed E-state index contributed by atoms with van der Waals surface area (Å²) < 4.78 is 43.6. The number of ketones is 1. The third kappa shape index (κ3) is 9.80. The highest BCUT2D eigenvalue weighted by Crippen LogP contribution is 2.42. The number of esters is 1. The van der Waals surface area contributed by atoms with Crippen LogP contribution in [0.15, 0.2) is 0 Å². The van der Waals surface area contributed by atoms with E-state index in [1.54, 1.807) is 41.5 Å². The Labute approximate surface area is 315 Å². The van der Waals surface area contributed by atoms with E-state index >= 15 is 0 Å². The quantitative estimate of drug-likeness (QED) is 0.222. The molecule has 0 aromatic carbocycles. The normalized spacial score (nSPS) is 48.9. The van der Waals surface area contributed by atoms with Crippen molar-refractivity contribution in [1.29, 1.82) is 0 Å². The van der Waals surface area contributed by atoms with Crippen molar-refractivity contribution >= 4 is 11.8 Å². The number of aliphatic hydroxyl groups is 5. The highest BCUT2D eigenvalue weighted by Gasteiger charge is 2.54. The molecule has 53 heavy (non-hydrogen) atoms. The third-order valence-electron chi connectivity index (χ3n) is 12.2. The predicted octanol–water partition coefficient (Wildman–Crippen LogP) is 1.41. The van der Waals surface area contributed by atoms with E-state index in [2.05, 4.69) is 0 Å². The van der Waals surface area contributed by atoms with E-state index in [-0.39, 0.29) is 25.0 Å². The standard InChI is InChI=1S/C38H69NO14/c1-18-16-37(9,48-14)32(53-35-28(42)25(39(11)12)15-19(2)49-35)21(4)29(51-26-17-36(8,47-13)31(44)24(7)50-26)22(5)34(45)52-33(23(6)40)38(10,46)30(43)20(3)27(18)41/h18-26,28-33,35,40,42-44,46H,15-17H2,1-14H3/t18-,19-,20+,21+,22-,23?,24+,25+,26+,28-,29?,30-,31+,32-,33-,35+,36-,37-,38+/m1/s1. The summed E-state index contributed by atoms with van der Waals surface area (Å²) in [5, 5.41) is 56.4. The molecule has 0 aromatic heterocycles. The molecule has 0 bridgehead atoms. The Kier molecular flexibility index (Phi) is 15.5. The summed E-state index contributed by atoms with van der Waals surface area (Å²) in [6.07, 6.45) is -11.5. The average molecular weight is 764 g/mol. The predicted molar refractivity (Wildman–Crippen MR) is 192 cm³/mol. The molecule has 0 radical (unpaired) electrons. The van der Waals surface area contributed by atoms with Crippen LogP contribution in [-0.4, -0.2) is 161 Å². The summed E-state index contributed by atoms with van der Waals surface area (Å²) >= 11 is 0. The Morgan fingerprint density at radius 1 is 0.849 bits per heavy atom. The van der Waals surface area contributed by atoms with E-state index in [0.29, 0.717) is 6.42 Å². The van der Waals surface area contributed by atoms with Crippen LogP contribution in [0, 0.1) is 23.7 Å². The molecule has 3 fully saturated rings. The van der Waals surface area contributed by atoms with E-state index in [9.17, 15) is 35.1 Å². The Hall–Kier alpha value is -1.34. The van der Waals surface area contributed by atoms with Gasteiger partial charge in [-0.3, -0.25) is 9.59 Å². The lowest BCUT2D eigenvalue weighted by Gasteiger charge is -2.50. The summed E-state index contributed by atoms with van der Waals surface area (Å²) in [4.78, 5) is 30.1. The van der Waals surface area contributed by atoms with Crippen LogP contribution >= 0.6 is 0 Å². The van der Waals surface area contributed by atoms with Crippen LogP contribution in [0.25, 0.3) is 0 Å². The van der Waals surface area contributed by atoms with E-state index in [1.807, 2.05) is 25.9 Å². The summed E-state index contributed by atoms with van der Waals surface area (Å²) in [6.45, 7) is 16.1. The van der Waals surface area contributed by atoms with Gasteiger partial charge in [-0.2, -0.15) is 0 Å². The fraction of sp³-hybridized carbons (Fsp3) is 0.947. The average Bonchev–Trinajstić information content (AvgIpc) is 3.09. The van der Waals surface area contributed by atoms with Crippen molar-refractivity contribution < 1.29 is 68.3 Å². The highest BCUT2D eigenvalue weighted by molar-refractivity contribution is 5.83. The van der Waals surface area contributed by atoms with E-state index in [1.165, 1.54) is 35.0 Å². The highest BCUT2D eigenvalue weighted by atomic mass is 16.7. The molecule has 5 N–H and O–H groups in total. The number of cyclic esters (lactones) is 1. The fourth-order valence-electron chi connectivity index (χ4n) is 8.64. The zero-order valence-corrected chi connectivity index (χ0v) is 34.2. The van der Waals surface area contributed by atoms with Crippen molar-refractivity contribution in [1.82, 2.24) is 4.90 Å². The first kappa shape index (κ1) is 46.0. The summed E-state index contributed by atoms with van der Waals surface area (Å²) in [6, 6.07) is -0.310. The summed E-state index contributed by atoms with van der Waals surface area (Å²) in [5.74, 6) is -5.10. The lowest BCUT2D eigenvalue weighted by Crippen LogP contribution is -2.62. The molecule has 0 spiro atoms. The number of nitrogens with zero attached hydrogens (tertiary/aromatic N) is 1. The monoisotopic (exact) mass is 763 g/mol. The number of likely N-dealkylation sites (N-methyl/N-ethyl adjacent to an activating group) is 1. The lowest BCUT2D eigenvalue weighted by atomic mass is 9.73. The molecule has 19 atom stereocenters. The van der Waals surface area contributed by atoms with Crippen LogP contribution < -0.4 is 0 Å². The molecule has 0 aromatic rings. The Morgan fingerprint density at radius 3 is 1.96 bits per heavy atom. The topological polar surface area (TPSA) is 203 Å². The molecule has 310 valence electrons. The van der Waals surface area contributed by atoms with Gasteiger partial charge in [-0.05, 0) is 75.4 Å². The van der Waals surface area contributed by atoms with Gasteiger partial charge in [0.25, 0.3) is 0 Å². The second-order valence-corrected chi connectivity index (χ2v) is 16.9. The first-order valence-electron chi connectivity index (χ1n) is 18.9. The van der Waals surface area contributed by atoms with Gasteiger partial charge in [0.1, 0.15) is 23.6 Å². The minimum Gasteiger partial charge on any atom is -0.456 e. The number of hydrogen-bond donors (Lipinski definition) is 5. The van der Waals surface area contributed by atoms with E-state index in [4.69, 9.17) is 33.2 Å².